The zero-order chi connectivity index (χ0) is 71.1. The molecule has 0 saturated carbocycles. The first-order chi connectivity index (χ1) is 46.8. The fraction of sp³-hybridized carbons (Fsp3) is 0.108. The Hall–Kier alpha value is -8.67. The van der Waals surface area contributed by atoms with Crippen molar-refractivity contribution in [2.45, 2.75) is 52.4 Å². The molecule has 0 aliphatic carbocycles. The summed E-state index contributed by atoms with van der Waals surface area (Å²) in [5.41, 5.74) is 5.22. The fourth-order valence-electron chi connectivity index (χ4n) is 10.6. The zero-order valence-electron chi connectivity index (χ0n) is 63.8. The van der Waals surface area contributed by atoms with Crippen molar-refractivity contribution in [1.29, 1.82) is 0 Å². The molecule has 81 heavy (non-hydrogen) atoms. The molecular formula is C74H60N4OPtSi-2. The van der Waals surface area contributed by atoms with Gasteiger partial charge in [-0.15, -0.1) is 29.7 Å². The van der Waals surface area contributed by atoms with Gasteiger partial charge in [-0.1, -0.05) is 247 Å². The second kappa shape index (κ2) is 21.4. The maximum Gasteiger partial charge on any atom is 0.268 e. The van der Waals surface area contributed by atoms with Gasteiger partial charge in [0.25, 0.3) is 6.33 Å². The Morgan fingerprint density at radius 2 is 1.14 bits per heavy atom. The van der Waals surface area contributed by atoms with E-state index in [0.717, 1.165) is 32.9 Å². The van der Waals surface area contributed by atoms with E-state index >= 15 is 0 Å². The first-order valence-electron chi connectivity index (χ1n) is 35.5. The molecule has 0 spiro atoms. The number of hydrogen-bond donors (Lipinski definition) is 0. The van der Waals surface area contributed by atoms with Crippen LogP contribution in [0.25, 0.3) is 72.3 Å². The second-order valence-corrected chi connectivity index (χ2v) is 24.8. The van der Waals surface area contributed by atoms with Crippen LogP contribution in [0.5, 0.6) is 11.5 Å². The first-order valence-corrected chi connectivity index (χ1v) is 28.0. The van der Waals surface area contributed by atoms with Crippen LogP contribution in [0.1, 0.15) is 78.7 Å². The quantitative estimate of drug-likeness (QED) is 0.0560. The molecule has 0 N–H and O–H groups in total. The average Bonchev–Trinajstić information content (AvgIpc) is 0.913. The Balaban J connectivity index is 0.00000948. The summed E-state index contributed by atoms with van der Waals surface area (Å²) in [5, 5.41) is -1.79. The van der Waals surface area contributed by atoms with Crippen molar-refractivity contribution < 1.29 is 56.4 Å². The number of aromatic nitrogens is 4. The van der Waals surface area contributed by atoms with Crippen molar-refractivity contribution in [3.05, 3.63) is 284 Å². The minimum atomic E-state index is -6.22. The van der Waals surface area contributed by atoms with Gasteiger partial charge in [-0.3, -0.25) is 4.57 Å². The second-order valence-electron chi connectivity index (χ2n) is 21.3. The molecule has 0 bridgehead atoms. The van der Waals surface area contributed by atoms with Crippen LogP contribution < -0.4 is 30.1 Å². The number of imidazole rings is 1. The zero-order valence-corrected chi connectivity index (χ0v) is 48.1. The van der Waals surface area contributed by atoms with Crippen molar-refractivity contribution in [3.63, 3.8) is 0 Å². The number of benzene rings is 10. The minimum absolute atomic E-state index is 0. The van der Waals surface area contributed by atoms with Crippen LogP contribution in [0, 0.1) is 18.5 Å². The van der Waals surface area contributed by atoms with Crippen LogP contribution in [0.4, 0.5) is 0 Å². The first kappa shape index (κ1) is 35.1. The molecule has 13 rings (SSSR count). The van der Waals surface area contributed by atoms with Gasteiger partial charge in [0.1, 0.15) is 5.82 Å². The predicted octanol–water partition coefficient (Wildman–Crippen LogP) is 14.9. The topological polar surface area (TPSA) is 35.9 Å². The number of rotatable bonds is 11. The Bertz CT molecular complexity index is 5350. The van der Waals surface area contributed by atoms with Crippen LogP contribution >= 0.6 is 0 Å². The summed E-state index contributed by atoms with van der Waals surface area (Å²) >= 11 is 0. The SMILES string of the molecule is [2H]c1c([2H])c([2H])c([Si](c2c([2H])c([2H])c([2H])c([2H])c2[2H])(c2c([2H])c([2H])c([2H])c([2H])c2[2H])c2c([2H])c([2H])c([2H])c(-c3cccc(-c4ccccc4C(C)(C)C)c3-[n+]3[c-]n(-c4[c-]c(Oc5[c-]c6c(cc5)c5ccccc5n6-c5cc(C(C)(C)C)ccn5)ccc4)c4ccccc43)c2[2H])c([2H])c1[2H].[Pt]. The van der Waals surface area contributed by atoms with Crippen molar-refractivity contribution in [2.75, 3.05) is 0 Å². The largest absolute Gasteiger partial charge is 0.510 e. The summed E-state index contributed by atoms with van der Waals surface area (Å²) in [4.78, 5) is 4.83. The van der Waals surface area contributed by atoms with Gasteiger partial charge >= 0.3 is 0 Å². The van der Waals surface area contributed by atoms with Crippen LogP contribution in [-0.4, -0.2) is 22.2 Å². The summed E-state index contributed by atoms with van der Waals surface area (Å²) in [7, 11) is -6.22. The molecule has 0 unspecified atom stereocenters. The Labute approximate surface area is 517 Å². The summed E-state index contributed by atoms with van der Waals surface area (Å²) in [6, 6.07) is 28.6. The number of hydrogen-bond acceptors (Lipinski definition) is 2. The van der Waals surface area contributed by atoms with Gasteiger partial charge in [0, 0.05) is 44.3 Å². The van der Waals surface area contributed by atoms with Gasteiger partial charge < -0.3 is 13.9 Å². The molecule has 3 aromatic heterocycles. The summed E-state index contributed by atoms with van der Waals surface area (Å²) in [6.07, 6.45) is 5.37. The van der Waals surface area contributed by atoms with E-state index in [2.05, 4.69) is 55.9 Å². The molecule has 398 valence electrons. The number of pyridine rings is 1. The Morgan fingerprint density at radius 3 is 1.84 bits per heavy atom. The molecule has 0 radical (unpaired) electrons. The molecule has 0 aliphatic heterocycles. The molecule has 13 aromatic rings. The van der Waals surface area contributed by atoms with Crippen molar-refractivity contribution in [1.82, 2.24) is 14.1 Å². The molecule has 0 fully saturated rings. The Morgan fingerprint density at radius 1 is 0.531 bits per heavy atom. The molecule has 0 aliphatic rings. The van der Waals surface area contributed by atoms with Crippen molar-refractivity contribution in [2.24, 2.45) is 0 Å². The fourth-order valence-corrected chi connectivity index (χ4v) is 14.2. The molecular weight excluding hydrogens is 1180 g/mol. The molecule has 0 saturated heterocycles. The third kappa shape index (κ3) is 9.56. The van der Waals surface area contributed by atoms with Crippen LogP contribution in [-0.2, 0) is 31.9 Å². The average molecular weight is 1260 g/mol. The maximum atomic E-state index is 10.9. The predicted molar refractivity (Wildman–Crippen MR) is 332 cm³/mol. The standard InChI is InChI=1S/C74H60N4OSi.Pt/c1-73(2,3)53-45-46-75-71(48-53)78-67-40-19-17-36-63(67)64-44-43-56(50-70(64)78)79-55-27-23-26-54(49-55)76-51-77(69-42-21-20-41-68(69)76)72-61(37-24-38-65(72)62-35-16-18-39-66(62)74(4,5)6)52-25-22-34-60(47-52)80(57-28-10-7-11-29-57,58-30-12-8-13-31-58)59-32-14-9-15-33-59;/h7-48H,1-6H3;/q-2;/i7D,8D,9D,10D,11D,12D,13D,14D,15D,22D,25D,28D,29D,30D,31D,32D,33D,34D,47D;. The number of nitrogens with zero attached hydrogens (tertiary/aromatic N) is 4. The van der Waals surface area contributed by atoms with E-state index in [1.165, 1.54) is 0 Å². The van der Waals surface area contributed by atoms with E-state index in [9.17, 15) is 13.7 Å². The summed E-state index contributed by atoms with van der Waals surface area (Å²) in [6.45, 7) is 12.5. The van der Waals surface area contributed by atoms with E-state index in [0.29, 0.717) is 45.2 Å². The summed E-state index contributed by atoms with van der Waals surface area (Å²) < 4.78 is 193. The number of ether oxygens (including phenoxy) is 1. The monoisotopic (exact) mass is 1260 g/mol. The van der Waals surface area contributed by atoms with Crippen LogP contribution in [0.15, 0.2) is 254 Å². The molecule has 0 amide bonds. The van der Waals surface area contributed by atoms with Gasteiger partial charge in [0.15, 0.2) is 8.07 Å². The molecule has 7 heteroatoms. The smallest absolute Gasteiger partial charge is 0.268 e. The maximum absolute atomic E-state index is 10.9. The molecule has 10 aromatic carbocycles. The van der Waals surface area contributed by atoms with E-state index in [1.807, 2.05) is 112 Å². The normalized spacial score (nSPS) is 15.3. The molecule has 3 heterocycles. The van der Waals surface area contributed by atoms with Crippen LogP contribution in [0.2, 0.25) is 0 Å². The van der Waals surface area contributed by atoms with Crippen molar-refractivity contribution >= 4 is 61.7 Å². The van der Waals surface area contributed by atoms with Gasteiger partial charge in [-0.2, -0.15) is 18.2 Å². The van der Waals surface area contributed by atoms with E-state index in [-0.39, 0.29) is 37.7 Å². The van der Waals surface area contributed by atoms with Gasteiger partial charge in [0.05, 0.1) is 42.8 Å². The third-order valence-electron chi connectivity index (χ3n) is 14.4. The van der Waals surface area contributed by atoms with Crippen LogP contribution in [0.3, 0.4) is 0 Å². The molecule has 0 atom stereocenters. The van der Waals surface area contributed by atoms with Gasteiger partial charge in [-0.05, 0) is 94.2 Å². The number of fused-ring (bicyclic) bond motifs is 4. The van der Waals surface area contributed by atoms with Gasteiger partial charge in [-0.25, -0.2) is 4.98 Å². The molecule has 5 nitrogen and oxygen atoms in total. The van der Waals surface area contributed by atoms with E-state index in [1.54, 1.807) is 45.5 Å². The third-order valence-corrected chi connectivity index (χ3v) is 18.4. The minimum Gasteiger partial charge on any atom is -0.510 e. The van der Waals surface area contributed by atoms with E-state index in [4.69, 9.17) is 22.1 Å². The van der Waals surface area contributed by atoms with E-state index < -0.39 is 155 Å². The Kier molecular flexibility index (Phi) is 9.29. The van der Waals surface area contributed by atoms with Crippen molar-refractivity contribution in [3.8, 4) is 50.9 Å². The summed E-state index contributed by atoms with van der Waals surface area (Å²) in [5.74, 6) is 1.38. The van der Waals surface area contributed by atoms with Gasteiger partial charge in [0.2, 0.25) is 0 Å². The number of para-hydroxylation sites is 4.